The number of rotatable bonds is 2. The van der Waals surface area contributed by atoms with Gasteiger partial charge in [0, 0.05) is 16.1 Å². The topological polar surface area (TPSA) is 0 Å². The smallest absolute Gasteiger partial charge is 0.0836 e. The molecule has 0 saturated heterocycles. The van der Waals surface area contributed by atoms with Gasteiger partial charge in [-0.1, -0.05) is 72.3 Å². The van der Waals surface area contributed by atoms with Crippen LogP contribution in [0.15, 0.2) is 77.7 Å². The molecule has 27 heavy (non-hydrogen) atoms. The Bertz CT molecular complexity index is 853. The summed E-state index contributed by atoms with van der Waals surface area (Å²) < 4.78 is 59.2. The van der Waals surface area contributed by atoms with E-state index >= 15 is 0 Å². The molecule has 3 rings (SSSR count). The Balaban J connectivity index is 0.000000321. The molecule has 146 valence electrons. The van der Waals surface area contributed by atoms with E-state index < -0.39 is 7.81 Å². The van der Waals surface area contributed by atoms with Crippen LogP contribution in [0.2, 0.25) is 5.02 Å². The first-order chi connectivity index (χ1) is 12.2. The van der Waals surface area contributed by atoms with Crippen LogP contribution < -0.4 is 0 Å². The number of hydrogen-bond acceptors (Lipinski definition) is 0. The minimum absolute atomic E-state index is 0.761. The van der Waals surface area contributed by atoms with E-state index in [1.165, 1.54) is 0 Å². The van der Waals surface area contributed by atoms with Crippen molar-refractivity contribution in [2.24, 2.45) is 0 Å². The summed E-state index contributed by atoms with van der Waals surface area (Å²) in [4.78, 5) is 1.04. The van der Waals surface area contributed by atoms with Crippen molar-refractivity contribution in [1.29, 1.82) is 0 Å². The molecular weight excluding hydrogens is 429 g/mol. The summed E-state index contributed by atoms with van der Waals surface area (Å²) in [7, 11) is -10.7. The molecule has 0 nitrogen and oxygen atoms in total. The van der Waals surface area contributed by atoms with Gasteiger partial charge in [-0.15, -0.1) is 0 Å². The number of benzene rings is 3. The fourth-order valence-corrected chi connectivity index (χ4v) is 2.99. The number of halogens is 7. The van der Waals surface area contributed by atoms with Crippen molar-refractivity contribution in [3.05, 3.63) is 77.8 Å². The van der Waals surface area contributed by atoms with Gasteiger partial charge in [0.1, 0.15) is 0 Å². The van der Waals surface area contributed by atoms with Crippen LogP contribution in [0.4, 0.5) is 25.2 Å². The summed E-state index contributed by atoms with van der Waals surface area (Å²) in [6, 6.07) is 24.4. The molecule has 3 aromatic carbocycles. The van der Waals surface area contributed by atoms with E-state index in [4.69, 9.17) is 11.6 Å². The second kappa shape index (κ2) is 7.04. The molecule has 0 aliphatic carbocycles. The maximum absolute atomic E-state index is 10.7. The first-order valence-corrected chi connectivity index (χ1v) is 10.3. The summed E-state index contributed by atoms with van der Waals surface area (Å²) in [6.45, 7) is 0. The Morgan fingerprint density at radius 2 is 0.963 bits per heavy atom. The third-order valence-electron chi connectivity index (χ3n) is 3.28. The molecule has 0 radical (unpaired) electrons. The van der Waals surface area contributed by atoms with Gasteiger partial charge in [-0.25, -0.2) is 0 Å². The van der Waals surface area contributed by atoms with Crippen molar-refractivity contribution in [2.75, 3.05) is 0 Å². The van der Waals surface area contributed by atoms with Gasteiger partial charge in [0.25, 0.3) is 0 Å². The van der Waals surface area contributed by atoms with Crippen molar-refractivity contribution in [3.63, 3.8) is 0 Å². The zero-order chi connectivity index (χ0) is 20.4. The molecule has 9 heteroatoms. The molecular formula is C18H14ClF6PS. The van der Waals surface area contributed by atoms with E-state index in [0.717, 1.165) is 32.2 Å². The first kappa shape index (κ1) is 21.6. The van der Waals surface area contributed by atoms with E-state index in [1.54, 1.807) is 0 Å². The normalized spacial score (nSPS) is 13.8. The van der Waals surface area contributed by atoms with Crippen molar-refractivity contribution in [1.82, 2.24) is 0 Å². The molecule has 0 amide bonds. The third kappa shape index (κ3) is 7.83. The van der Waals surface area contributed by atoms with Crippen molar-refractivity contribution in [3.8, 4) is 22.3 Å². The Hall–Kier alpha value is -1.69. The quantitative estimate of drug-likeness (QED) is 0.212. The average Bonchev–Trinajstić information content (AvgIpc) is 2.55. The standard InChI is InChI=1S/C18H13ClS.F6P/c19-15-11-12-16(20)18(14-9-5-2-6-10-14)17(15)13-7-3-1-4-8-13;1-7(2,3,4,5)6/h1-12,20H;/q;-1/p+1. The van der Waals surface area contributed by atoms with Gasteiger partial charge in [0.05, 0.1) is 0 Å². The van der Waals surface area contributed by atoms with E-state index in [-0.39, 0.29) is 0 Å². The minimum atomic E-state index is -10.7. The van der Waals surface area contributed by atoms with Crippen LogP contribution in [-0.2, 0) is 12.6 Å². The Morgan fingerprint density at radius 1 is 0.593 bits per heavy atom. The van der Waals surface area contributed by atoms with Gasteiger partial charge < -0.3 is 0 Å². The maximum atomic E-state index is 9.87. The second-order valence-corrected chi connectivity index (χ2v) is 8.40. The van der Waals surface area contributed by atoms with Crippen LogP contribution in [0, 0.1) is 0 Å². The SMILES string of the molecule is F[P-](F)(F)(F)(F)F.[SH2+]c1ccc(Cl)c(-c2ccccc2)c1-c1ccccc1. The molecule has 0 N–H and O–H groups in total. The predicted octanol–water partition coefficient (Wildman–Crippen LogP) is 8.43. The minimum Gasteiger partial charge on any atom is -0.0836 e. The van der Waals surface area contributed by atoms with Crippen molar-refractivity contribution >= 4 is 32.0 Å². The summed E-state index contributed by atoms with van der Waals surface area (Å²) in [5.74, 6) is 0. The van der Waals surface area contributed by atoms with Gasteiger partial charge in [0.15, 0.2) is 4.90 Å². The van der Waals surface area contributed by atoms with Crippen LogP contribution in [0.5, 0.6) is 0 Å². The van der Waals surface area contributed by atoms with Crippen LogP contribution in [-0.4, -0.2) is 0 Å². The Morgan fingerprint density at radius 3 is 1.37 bits per heavy atom. The Labute approximate surface area is 162 Å². The molecule has 0 aliphatic heterocycles. The molecule has 0 unspecified atom stereocenters. The van der Waals surface area contributed by atoms with Crippen molar-refractivity contribution in [2.45, 2.75) is 4.90 Å². The molecule has 0 spiro atoms. The van der Waals surface area contributed by atoms with Gasteiger partial charge in [-0.2, -0.15) is 0 Å². The predicted molar refractivity (Wildman–Crippen MR) is 104 cm³/mol. The van der Waals surface area contributed by atoms with Crippen LogP contribution >= 0.6 is 19.4 Å². The van der Waals surface area contributed by atoms with Gasteiger partial charge in [-0.3, -0.25) is 0 Å². The van der Waals surface area contributed by atoms with E-state index in [2.05, 4.69) is 36.9 Å². The van der Waals surface area contributed by atoms with Gasteiger partial charge in [0.2, 0.25) is 0 Å². The van der Waals surface area contributed by atoms with E-state index in [1.807, 2.05) is 48.5 Å². The summed E-state index contributed by atoms with van der Waals surface area (Å²) >= 11 is 10.2. The maximum Gasteiger partial charge on any atom is 0.158 e. The Kier molecular flexibility index (Phi) is 5.64. The molecule has 0 aliphatic rings. The number of hydrogen-bond donors (Lipinski definition) is 0. The fourth-order valence-electron chi connectivity index (χ4n) is 2.37. The summed E-state index contributed by atoms with van der Waals surface area (Å²) in [6.07, 6.45) is 0. The van der Waals surface area contributed by atoms with E-state index in [0.29, 0.717) is 0 Å². The average molecular weight is 443 g/mol. The first-order valence-electron chi connectivity index (χ1n) is 7.44. The van der Waals surface area contributed by atoms with Crippen molar-refractivity contribution < 1.29 is 25.2 Å². The molecule has 3 aromatic rings. The van der Waals surface area contributed by atoms with Crippen LogP contribution in [0.25, 0.3) is 22.3 Å². The van der Waals surface area contributed by atoms with Gasteiger partial charge in [-0.05, 0) is 35.9 Å². The van der Waals surface area contributed by atoms with E-state index in [9.17, 15) is 25.2 Å². The van der Waals surface area contributed by atoms with Crippen LogP contribution in [0.3, 0.4) is 0 Å². The summed E-state index contributed by atoms with van der Waals surface area (Å²) in [5.41, 5.74) is 4.46. The molecule has 0 saturated carbocycles. The third-order valence-corrected chi connectivity index (χ3v) is 4.01. The molecule has 0 heterocycles. The zero-order valence-electron chi connectivity index (χ0n) is 13.5. The molecule has 0 atom stereocenters. The molecule has 0 fully saturated rings. The largest absolute Gasteiger partial charge is 0.158 e. The summed E-state index contributed by atoms with van der Waals surface area (Å²) in [5, 5.41) is 0.761. The second-order valence-electron chi connectivity index (χ2n) is 5.54. The van der Waals surface area contributed by atoms with Crippen LogP contribution in [0.1, 0.15) is 0 Å². The molecule has 0 aromatic heterocycles. The molecule has 0 bridgehead atoms. The monoisotopic (exact) mass is 442 g/mol. The fraction of sp³-hybridized carbons (Fsp3) is 0. The zero-order valence-corrected chi connectivity index (χ0v) is 16.2. The van der Waals surface area contributed by atoms with Gasteiger partial charge >= 0.3 is 33.0 Å².